The van der Waals surface area contributed by atoms with Crippen LogP contribution in [0.15, 0.2) is 0 Å². The molecule has 0 heterocycles. The Hall–Kier alpha value is -1.24. The van der Waals surface area contributed by atoms with Crippen molar-refractivity contribution in [2.24, 2.45) is 5.73 Å². The fourth-order valence-corrected chi connectivity index (χ4v) is 6.50. The van der Waals surface area contributed by atoms with Gasteiger partial charge in [-0.2, -0.15) is 0 Å². The molecule has 30 heavy (non-hydrogen) atoms. The van der Waals surface area contributed by atoms with Gasteiger partial charge in [-0.05, 0) is 74.7 Å². The number of primary amides is 1. The smallest absolute Gasteiger partial charge is 0.329 e. The van der Waals surface area contributed by atoms with Crippen molar-refractivity contribution in [2.45, 2.75) is 33.2 Å². The number of nitrogens with one attached hydrogen (secondary N) is 3. The van der Waals surface area contributed by atoms with Crippen LogP contribution in [0.5, 0.6) is 0 Å². The van der Waals surface area contributed by atoms with E-state index in [1.54, 1.807) is 6.92 Å². The summed E-state index contributed by atoms with van der Waals surface area (Å²) in [6.07, 6.45) is -0.445. The minimum atomic E-state index is -1.28. The molecule has 0 fully saturated rings. The van der Waals surface area contributed by atoms with Gasteiger partial charge in [0.1, 0.15) is 6.04 Å². The van der Waals surface area contributed by atoms with Crippen LogP contribution in [-0.4, -0.2) is 42.2 Å². The third-order valence-corrected chi connectivity index (χ3v) is 6.66. The molecule has 0 aliphatic rings. The van der Waals surface area contributed by atoms with Gasteiger partial charge in [0.2, 0.25) is 17.7 Å². The molecule has 13 heteroatoms. The van der Waals surface area contributed by atoms with Gasteiger partial charge in [0, 0.05) is 13.8 Å². The van der Waals surface area contributed by atoms with Crippen LogP contribution in [0.4, 0.5) is 11.4 Å². The van der Waals surface area contributed by atoms with E-state index in [2.05, 4.69) is 16.0 Å². The van der Waals surface area contributed by atoms with Crippen molar-refractivity contribution in [1.29, 1.82) is 0 Å². The number of carbonyl (C=O) groups excluding carboxylic acids is 5. The molecule has 10 nitrogen and oxygen atoms in total. The molecule has 0 unspecified atom stereocenters. The highest BCUT2D eigenvalue weighted by Gasteiger charge is 2.30. The van der Waals surface area contributed by atoms with Crippen LogP contribution in [0.1, 0.15) is 37.6 Å². The quantitative estimate of drug-likeness (QED) is 0.235. The zero-order chi connectivity index (χ0) is 23.2. The summed E-state index contributed by atoms with van der Waals surface area (Å²) in [5, 5.41) is 7.76. The maximum atomic E-state index is 13.1. The number of anilines is 2. The minimum absolute atomic E-state index is 0.0575. The highest BCUT2D eigenvalue weighted by molar-refractivity contribution is 14.1. The number of ether oxygens (including phenoxy) is 1. The van der Waals surface area contributed by atoms with Crippen molar-refractivity contribution >= 4 is 109 Å². The topological polar surface area (TPSA) is 157 Å². The highest BCUT2D eigenvalue weighted by Crippen LogP contribution is 2.39. The maximum absolute atomic E-state index is 13.1. The van der Waals surface area contributed by atoms with Gasteiger partial charge in [-0.1, -0.05) is 0 Å². The molecule has 0 bridgehead atoms. The Labute approximate surface area is 213 Å². The van der Waals surface area contributed by atoms with E-state index in [1.807, 2.05) is 67.8 Å². The van der Waals surface area contributed by atoms with E-state index in [-0.39, 0.29) is 24.0 Å². The summed E-state index contributed by atoms with van der Waals surface area (Å²) in [6.45, 7) is 4.27. The van der Waals surface area contributed by atoms with E-state index in [0.29, 0.717) is 22.1 Å². The van der Waals surface area contributed by atoms with Crippen LogP contribution in [0.25, 0.3) is 0 Å². The van der Waals surface area contributed by atoms with Crippen molar-refractivity contribution in [3.05, 3.63) is 16.3 Å². The second kappa shape index (κ2) is 12.0. The number of hydrogen-bond acceptors (Lipinski definition) is 6. The second-order valence-corrected chi connectivity index (χ2v) is 9.11. The summed E-state index contributed by atoms with van der Waals surface area (Å²) in [5.74, 6) is -3.03. The number of benzene rings is 1. The molecule has 0 radical (unpaired) electrons. The van der Waals surface area contributed by atoms with Gasteiger partial charge in [-0.3, -0.25) is 19.2 Å². The van der Waals surface area contributed by atoms with Gasteiger partial charge in [0.25, 0.3) is 5.91 Å². The van der Waals surface area contributed by atoms with Crippen LogP contribution in [0.3, 0.4) is 0 Å². The number of hydrogen-bond donors (Lipinski definition) is 4. The Balaban J connectivity index is 3.54. The highest BCUT2D eigenvalue weighted by atomic mass is 127. The molecule has 0 aromatic heterocycles. The van der Waals surface area contributed by atoms with Crippen molar-refractivity contribution in [3.63, 3.8) is 0 Å². The van der Waals surface area contributed by atoms with Crippen molar-refractivity contribution in [1.82, 2.24) is 5.32 Å². The lowest BCUT2D eigenvalue weighted by Gasteiger charge is -2.21. The van der Waals surface area contributed by atoms with Crippen LogP contribution in [0, 0.1) is 10.7 Å². The van der Waals surface area contributed by atoms with Crippen LogP contribution in [-0.2, 0) is 23.9 Å². The summed E-state index contributed by atoms with van der Waals surface area (Å²) in [7, 11) is 0. The Bertz CT molecular complexity index is 863. The molecule has 1 rings (SSSR count). The number of halogens is 3. The Kier molecular flexibility index (Phi) is 10.7. The lowest BCUT2D eigenvalue weighted by molar-refractivity contribution is -0.146. The molecule has 1 atom stereocenters. The normalized spacial score (nSPS) is 11.3. The predicted octanol–water partition coefficient (Wildman–Crippen LogP) is 1.95. The SMILES string of the molecule is CCOC(=O)[C@H](CC(N)=O)NC(=O)c1c(I)c(NC(C)=O)c(I)c(NC(C)=O)c1I. The molecule has 4 amide bonds. The first-order valence-corrected chi connectivity index (χ1v) is 11.7. The fourth-order valence-electron chi connectivity index (χ4n) is 2.30. The van der Waals surface area contributed by atoms with Gasteiger partial charge in [0.15, 0.2) is 0 Å². The largest absolute Gasteiger partial charge is 0.464 e. The average molecular weight is 756 g/mol. The number of esters is 1. The lowest BCUT2D eigenvalue weighted by atomic mass is 10.1. The first-order valence-electron chi connectivity index (χ1n) is 8.42. The molecular weight excluding hydrogens is 737 g/mol. The Morgan fingerprint density at radius 2 is 1.40 bits per heavy atom. The van der Waals surface area contributed by atoms with Gasteiger partial charge < -0.3 is 26.4 Å². The first-order chi connectivity index (χ1) is 13.9. The molecule has 164 valence electrons. The Morgan fingerprint density at radius 3 is 1.77 bits per heavy atom. The summed E-state index contributed by atoms with van der Waals surface area (Å²) in [4.78, 5) is 59.8. The molecular formula is C17H19I3N4O6. The van der Waals surface area contributed by atoms with Gasteiger partial charge in [0.05, 0.1) is 40.7 Å². The van der Waals surface area contributed by atoms with E-state index in [1.165, 1.54) is 13.8 Å². The number of amides is 4. The molecule has 0 aliphatic heterocycles. The van der Waals surface area contributed by atoms with Crippen molar-refractivity contribution < 1.29 is 28.7 Å². The second-order valence-electron chi connectivity index (χ2n) is 5.88. The molecule has 5 N–H and O–H groups in total. The van der Waals surface area contributed by atoms with E-state index in [9.17, 15) is 24.0 Å². The number of nitrogens with two attached hydrogens (primary N) is 1. The van der Waals surface area contributed by atoms with Crippen molar-refractivity contribution in [3.8, 4) is 0 Å². The van der Waals surface area contributed by atoms with Crippen LogP contribution in [0.2, 0.25) is 0 Å². The van der Waals surface area contributed by atoms with Crippen LogP contribution < -0.4 is 21.7 Å². The van der Waals surface area contributed by atoms with E-state index >= 15 is 0 Å². The molecule has 0 spiro atoms. The predicted molar refractivity (Wildman–Crippen MR) is 135 cm³/mol. The molecule has 1 aromatic rings. The van der Waals surface area contributed by atoms with Gasteiger partial charge in [-0.15, -0.1) is 0 Å². The van der Waals surface area contributed by atoms with Gasteiger partial charge in [-0.25, -0.2) is 4.79 Å². The van der Waals surface area contributed by atoms with E-state index < -0.39 is 30.2 Å². The summed E-state index contributed by atoms with van der Waals surface area (Å²) >= 11 is 5.74. The molecule has 0 saturated carbocycles. The fraction of sp³-hybridized carbons (Fsp3) is 0.353. The average Bonchev–Trinajstić information content (AvgIpc) is 2.61. The maximum Gasteiger partial charge on any atom is 0.329 e. The Morgan fingerprint density at radius 1 is 0.933 bits per heavy atom. The van der Waals surface area contributed by atoms with Crippen LogP contribution >= 0.6 is 67.8 Å². The number of carbonyl (C=O) groups is 5. The molecule has 0 saturated heterocycles. The molecule has 0 aliphatic carbocycles. The zero-order valence-corrected chi connectivity index (χ0v) is 22.6. The summed E-state index contributed by atoms with van der Waals surface area (Å²) < 4.78 is 6.21. The first kappa shape index (κ1) is 26.8. The summed E-state index contributed by atoms with van der Waals surface area (Å²) in [6, 6.07) is -1.28. The minimum Gasteiger partial charge on any atom is -0.464 e. The zero-order valence-electron chi connectivity index (χ0n) is 16.2. The number of rotatable bonds is 8. The lowest BCUT2D eigenvalue weighted by Crippen LogP contribution is -2.44. The standard InChI is InChI=1S/C17H19I3N4O6/c1-4-30-17(29)8(5-9(21)27)24-16(28)10-11(18)14(22-6(2)25)13(20)15(12(10)19)23-7(3)26/h8H,4-5H2,1-3H3,(H2,21,27)(H,22,25)(H,23,26)(H,24,28)/t8-/m0/s1. The monoisotopic (exact) mass is 756 g/mol. The van der Waals surface area contributed by atoms with E-state index in [4.69, 9.17) is 10.5 Å². The van der Waals surface area contributed by atoms with Gasteiger partial charge >= 0.3 is 5.97 Å². The summed E-state index contributed by atoms with van der Waals surface area (Å²) in [5.41, 5.74) is 5.96. The third kappa shape index (κ3) is 7.17. The van der Waals surface area contributed by atoms with Crippen molar-refractivity contribution in [2.75, 3.05) is 17.2 Å². The molecule has 1 aromatic carbocycles. The third-order valence-electron chi connectivity index (χ3n) is 3.43. The van der Waals surface area contributed by atoms with E-state index in [0.717, 1.165) is 0 Å².